The van der Waals surface area contributed by atoms with Gasteiger partial charge < -0.3 is 28.5 Å². The highest BCUT2D eigenvalue weighted by Gasteiger charge is 2.46. The molecule has 168 valence electrons. The summed E-state index contributed by atoms with van der Waals surface area (Å²) < 4.78 is 22.3. The van der Waals surface area contributed by atoms with Gasteiger partial charge >= 0.3 is 5.97 Å². The molecule has 0 fully saturated rings. The van der Waals surface area contributed by atoms with Crippen LogP contribution in [0.25, 0.3) is 0 Å². The van der Waals surface area contributed by atoms with Crippen LogP contribution in [0.1, 0.15) is 29.7 Å². The Bertz CT molecular complexity index is 959. The number of rotatable bonds is 8. The normalized spacial score (nSPS) is 21.0. The van der Waals surface area contributed by atoms with Crippen molar-refractivity contribution in [1.82, 2.24) is 0 Å². The van der Waals surface area contributed by atoms with E-state index in [9.17, 15) is 9.90 Å². The molecule has 2 aromatic rings. The van der Waals surface area contributed by atoms with Gasteiger partial charge in [0.1, 0.15) is 6.04 Å². The molecule has 2 aromatic carbocycles. The second-order valence-electron chi connectivity index (χ2n) is 8.15. The number of benzene rings is 2. The number of likely N-dealkylation sites (N-methyl/N-ethyl adjacent to an activating group) is 1. The molecule has 1 aliphatic rings. The molecule has 3 atom stereocenters. The van der Waals surface area contributed by atoms with Crippen LogP contribution in [0.4, 0.5) is 0 Å². The number of hydrogen-bond acceptors (Lipinski definition) is 5. The van der Waals surface area contributed by atoms with Crippen molar-refractivity contribution in [3.8, 4) is 23.0 Å². The first-order valence-corrected chi connectivity index (χ1v) is 10.3. The maximum absolute atomic E-state index is 12.0. The fourth-order valence-corrected chi connectivity index (χ4v) is 4.56. The Morgan fingerprint density at radius 3 is 2.16 bits per heavy atom. The average molecular weight is 431 g/mol. The zero-order valence-corrected chi connectivity index (χ0v) is 19.1. The maximum atomic E-state index is 12.0. The van der Waals surface area contributed by atoms with Crippen LogP contribution in [-0.4, -0.2) is 63.6 Å². The first-order chi connectivity index (χ1) is 14.8. The second-order valence-corrected chi connectivity index (χ2v) is 8.15. The van der Waals surface area contributed by atoms with Crippen molar-refractivity contribution in [2.24, 2.45) is 0 Å². The third-order valence-electron chi connectivity index (χ3n) is 6.70. The molecule has 3 rings (SSSR count). The van der Waals surface area contributed by atoms with Crippen LogP contribution in [0.15, 0.2) is 30.3 Å². The van der Waals surface area contributed by atoms with Crippen LogP contribution < -0.4 is 18.9 Å². The van der Waals surface area contributed by atoms with Crippen molar-refractivity contribution >= 4 is 5.97 Å². The molecule has 31 heavy (non-hydrogen) atoms. The second kappa shape index (κ2) is 9.06. The van der Waals surface area contributed by atoms with Crippen LogP contribution in [0.3, 0.4) is 0 Å². The highest BCUT2D eigenvalue weighted by atomic mass is 16.5. The fourth-order valence-electron chi connectivity index (χ4n) is 4.56. The first-order valence-electron chi connectivity index (χ1n) is 10.3. The Labute approximate surface area is 183 Å². The minimum atomic E-state index is -0.802. The molecule has 0 amide bonds. The van der Waals surface area contributed by atoms with Crippen LogP contribution >= 0.6 is 0 Å². The summed E-state index contributed by atoms with van der Waals surface area (Å²) in [4.78, 5) is 12.0. The molecule has 0 saturated carbocycles. The Hall–Kier alpha value is -2.93. The molecular weight excluding hydrogens is 398 g/mol. The summed E-state index contributed by atoms with van der Waals surface area (Å²) in [5, 5.41) is 9.87. The number of nitrogens with zero attached hydrogens (tertiary/aromatic N) is 1. The van der Waals surface area contributed by atoms with E-state index in [1.54, 1.807) is 35.4 Å². The van der Waals surface area contributed by atoms with E-state index in [0.29, 0.717) is 40.4 Å². The topological polar surface area (TPSA) is 74.2 Å². The number of methoxy groups -OCH3 is 4. The monoisotopic (exact) mass is 430 g/mol. The molecule has 0 saturated heterocycles. The van der Waals surface area contributed by atoms with Crippen molar-refractivity contribution in [3.05, 3.63) is 47.0 Å². The minimum Gasteiger partial charge on any atom is -0.493 e. The van der Waals surface area contributed by atoms with Gasteiger partial charge in [-0.1, -0.05) is 6.07 Å². The zero-order valence-electron chi connectivity index (χ0n) is 19.1. The molecule has 1 heterocycles. The summed E-state index contributed by atoms with van der Waals surface area (Å²) in [6, 6.07) is 9.24. The highest BCUT2D eigenvalue weighted by molar-refractivity contribution is 5.71. The fraction of sp³-hybridized carbons (Fsp3) is 0.458. The molecule has 7 heteroatoms. The van der Waals surface area contributed by atoms with Gasteiger partial charge in [0.25, 0.3) is 0 Å². The molecule has 0 spiro atoms. The standard InChI is InChI=1S/C24H31NO6/c1-15(24(26)27)25(2)10-9-17-13-22(30-5)23(31-6)14-18(17)19(25)11-16-7-8-20(28-3)21(12-16)29-4/h7-8,12-15,19H,9-11H2,1-6H3/p+1/t15?,19-,25?/m1/s1. The van der Waals surface area contributed by atoms with Crippen LogP contribution in [-0.2, 0) is 17.6 Å². The summed E-state index contributed by atoms with van der Waals surface area (Å²) >= 11 is 0. The summed E-state index contributed by atoms with van der Waals surface area (Å²) in [5.41, 5.74) is 3.30. The molecule has 0 radical (unpaired) electrons. The molecule has 0 aliphatic carbocycles. The van der Waals surface area contributed by atoms with Crippen molar-refractivity contribution in [2.75, 3.05) is 42.0 Å². The van der Waals surface area contributed by atoms with E-state index in [1.807, 2.05) is 37.4 Å². The molecule has 2 unspecified atom stereocenters. The van der Waals surface area contributed by atoms with Gasteiger partial charge in [0.05, 0.1) is 42.0 Å². The molecule has 0 aromatic heterocycles. The van der Waals surface area contributed by atoms with Gasteiger partial charge in [0, 0.05) is 18.4 Å². The van der Waals surface area contributed by atoms with E-state index < -0.39 is 12.0 Å². The van der Waals surface area contributed by atoms with E-state index in [0.717, 1.165) is 23.1 Å². The lowest BCUT2D eigenvalue weighted by Crippen LogP contribution is -2.59. The van der Waals surface area contributed by atoms with Crippen molar-refractivity contribution in [1.29, 1.82) is 0 Å². The van der Waals surface area contributed by atoms with Crippen LogP contribution in [0.5, 0.6) is 23.0 Å². The van der Waals surface area contributed by atoms with E-state index in [1.165, 1.54) is 0 Å². The zero-order chi connectivity index (χ0) is 22.8. The third-order valence-corrected chi connectivity index (χ3v) is 6.70. The molecule has 1 N–H and O–H groups in total. The summed E-state index contributed by atoms with van der Waals surface area (Å²) in [7, 11) is 8.49. The number of quaternary nitrogens is 1. The lowest BCUT2D eigenvalue weighted by Gasteiger charge is -2.48. The predicted octanol–water partition coefficient (Wildman–Crippen LogP) is 3.48. The molecule has 1 aliphatic heterocycles. The van der Waals surface area contributed by atoms with E-state index in [4.69, 9.17) is 18.9 Å². The van der Waals surface area contributed by atoms with Gasteiger partial charge in [-0.25, -0.2) is 4.79 Å². The number of aliphatic carboxylic acids is 1. The van der Waals surface area contributed by atoms with Gasteiger partial charge in [0.2, 0.25) is 0 Å². The van der Waals surface area contributed by atoms with E-state index >= 15 is 0 Å². The lowest BCUT2D eigenvalue weighted by atomic mass is 9.85. The Morgan fingerprint density at radius 2 is 1.58 bits per heavy atom. The average Bonchev–Trinajstić information content (AvgIpc) is 2.79. The molecule has 7 nitrogen and oxygen atoms in total. The smallest absolute Gasteiger partial charge is 0.362 e. The Balaban J connectivity index is 2.13. The van der Waals surface area contributed by atoms with Crippen LogP contribution in [0, 0.1) is 0 Å². The van der Waals surface area contributed by atoms with E-state index in [2.05, 4.69) is 0 Å². The lowest BCUT2D eigenvalue weighted by molar-refractivity contribution is -0.954. The number of carboxylic acids is 1. The van der Waals surface area contributed by atoms with Crippen molar-refractivity contribution in [3.63, 3.8) is 0 Å². The Kier molecular flexibility index (Phi) is 6.65. The predicted molar refractivity (Wildman–Crippen MR) is 117 cm³/mol. The summed E-state index contributed by atoms with van der Waals surface area (Å²) in [5.74, 6) is 1.86. The quantitative estimate of drug-likeness (QED) is 0.647. The molecule has 0 bridgehead atoms. The number of carbonyl (C=O) groups is 1. The molecular formula is C24H32NO6+. The maximum Gasteiger partial charge on any atom is 0.362 e. The minimum absolute atomic E-state index is 0.0762. The number of hydrogen-bond donors (Lipinski definition) is 1. The number of carboxylic acid groups (broad SMARTS) is 1. The number of ether oxygens (including phenoxy) is 4. The van der Waals surface area contributed by atoms with Gasteiger partial charge in [-0.3, -0.25) is 0 Å². The third kappa shape index (κ3) is 4.14. The highest BCUT2D eigenvalue weighted by Crippen LogP contribution is 2.44. The summed E-state index contributed by atoms with van der Waals surface area (Å²) in [6.07, 6.45) is 1.42. The largest absolute Gasteiger partial charge is 0.493 e. The van der Waals surface area contributed by atoms with Crippen LogP contribution in [0.2, 0.25) is 0 Å². The number of fused-ring (bicyclic) bond motifs is 1. The summed E-state index contributed by atoms with van der Waals surface area (Å²) in [6.45, 7) is 2.50. The van der Waals surface area contributed by atoms with Crippen molar-refractivity contribution < 1.29 is 33.3 Å². The van der Waals surface area contributed by atoms with Gasteiger partial charge in [-0.05, 0) is 42.3 Å². The van der Waals surface area contributed by atoms with Gasteiger partial charge in [0.15, 0.2) is 29.0 Å². The van der Waals surface area contributed by atoms with E-state index in [-0.39, 0.29) is 6.04 Å². The van der Waals surface area contributed by atoms with Crippen molar-refractivity contribution in [2.45, 2.75) is 31.8 Å². The first kappa shape index (κ1) is 22.7. The Morgan fingerprint density at radius 1 is 1.00 bits per heavy atom. The van der Waals surface area contributed by atoms with Gasteiger partial charge in [-0.2, -0.15) is 0 Å². The van der Waals surface area contributed by atoms with Gasteiger partial charge in [-0.15, -0.1) is 0 Å². The SMILES string of the molecule is COc1ccc(C[C@@H]2c3cc(OC)c(OC)cc3CC[N+]2(C)C(C)C(=O)O)cc1OC.